The van der Waals surface area contributed by atoms with E-state index in [0.29, 0.717) is 0 Å². The van der Waals surface area contributed by atoms with Crippen LogP contribution >= 0.6 is 0 Å². The summed E-state index contributed by atoms with van der Waals surface area (Å²) in [5.74, 6) is -0.280. The minimum absolute atomic E-state index is 0.250. The van der Waals surface area contributed by atoms with Crippen LogP contribution in [-0.4, -0.2) is 31.2 Å². The quantitative estimate of drug-likeness (QED) is 0.674. The monoisotopic (exact) mass is 231 g/mol. The molecule has 1 heterocycles. The average Bonchev–Trinajstić information content (AvgIpc) is 2.70. The van der Waals surface area contributed by atoms with E-state index in [9.17, 15) is 0 Å². The van der Waals surface area contributed by atoms with Crippen molar-refractivity contribution in [2.75, 3.05) is 13.2 Å². The summed E-state index contributed by atoms with van der Waals surface area (Å²) in [6.45, 7) is 5.49. The number of carbonyl (C=O) groups excluding carboxylic acids is 2. The van der Waals surface area contributed by atoms with Crippen molar-refractivity contribution in [3.8, 4) is 0 Å². The van der Waals surface area contributed by atoms with E-state index in [1.165, 1.54) is 0 Å². The predicted molar refractivity (Wildman–Crippen MR) is 57.4 cm³/mol. The first-order chi connectivity index (χ1) is 7.72. The van der Waals surface area contributed by atoms with Crippen LogP contribution in [0.4, 0.5) is 0 Å². The third kappa shape index (κ3) is 4.86. The van der Waals surface area contributed by atoms with Gasteiger partial charge in [-0.2, -0.15) is 9.59 Å². The molecular formula is C11H21NO4. The standard InChI is InChI=1S/C8H15NO2.C2H6.CO2/c9-7-2-1-3-8(6-7)10-4-5-11-8;1-2;2-1-3/h7H,1-6,9H2;1-2H3;. The third-order valence-electron chi connectivity index (χ3n) is 2.52. The molecule has 2 aliphatic rings. The molecule has 1 unspecified atom stereocenters. The molecule has 0 bridgehead atoms. The van der Waals surface area contributed by atoms with E-state index in [4.69, 9.17) is 24.8 Å². The van der Waals surface area contributed by atoms with Gasteiger partial charge in [-0.05, 0) is 12.8 Å². The number of hydrogen-bond acceptors (Lipinski definition) is 5. The molecule has 2 N–H and O–H groups in total. The Morgan fingerprint density at radius 1 is 1.25 bits per heavy atom. The van der Waals surface area contributed by atoms with Gasteiger partial charge in [-0.3, -0.25) is 0 Å². The molecule has 1 aliphatic carbocycles. The Kier molecular flexibility index (Phi) is 8.03. The zero-order chi connectivity index (χ0) is 12.4. The van der Waals surface area contributed by atoms with Crippen LogP contribution in [0, 0.1) is 0 Å². The highest BCUT2D eigenvalue weighted by atomic mass is 16.7. The normalized spacial score (nSPS) is 25.8. The van der Waals surface area contributed by atoms with E-state index in [0.717, 1.165) is 38.9 Å². The van der Waals surface area contributed by atoms with Crippen LogP contribution in [-0.2, 0) is 19.1 Å². The van der Waals surface area contributed by atoms with Gasteiger partial charge in [0.05, 0.1) is 13.2 Å². The lowest BCUT2D eigenvalue weighted by atomic mass is 9.90. The third-order valence-corrected chi connectivity index (χ3v) is 2.52. The molecule has 1 saturated heterocycles. The maximum atomic E-state index is 8.12. The largest absolute Gasteiger partial charge is 0.373 e. The fourth-order valence-corrected chi connectivity index (χ4v) is 2.00. The summed E-state index contributed by atoms with van der Waals surface area (Å²) < 4.78 is 11.1. The van der Waals surface area contributed by atoms with Gasteiger partial charge in [-0.1, -0.05) is 13.8 Å². The van der Waals surface area contributed by atoms with E-state index in [-0.39, 0.29) is 18.0 Å². The SMILES string of the molecule is CC.NC1CCCC2(C1)OCCO2.O=C=O. The first-order valence-electron chi connectivity index (χ1n) is 5.75. The van der Waals surface area contributed by atoms with Crippen LogP contribution in [0.25, 0.3) is 0 Å². The van der Waals surface area contributed by atoms with Gasteiger partial charge >= 0.3 is 6.15 Å². The van der Waals surface area contributed by atoms with Crippen molar-refractivity contribution in [2.45, 2.75) is 51.4 Å². The van der Waals surface area contributed by atoms with Crippen molar-refractivity contribution in [1.29, 1.82) is 0 Å². The summed E-state index contributed by atoms with van der Waals surface area (Å²) in [5.41, 5.74) is 5.83. The molecule has 1 spiro atoms. The second-order valence-corrected chi connectivity index (χ2v) is 3.55. The summed E-state index contributed by atoms with van der Waals surface area (Å²) >= 11 is 0. The molecule has 2 rings (SSSR count). The maximum absolute atomic E-state index is 8.12. The zero-order valence-electron chi connectivity index (χ0n) is 10.0. The Labute approximate surface area is 96.3 Å². The van der Waals surface area contributed by atoms with Gasteiger partial charge in [0.25, 0.3) is 0 Å². The molecule has 1 atom stereocenters. The van der Waals surface area contributed by atoms with Crippen LogP contribution < -0.4 is 5.73 Å². The Morgan fingerprint density at radius 3 is 2.19 bits per heavy atom. The van der Waals surface area contributed by atoms with Gasteiger partial charge in [0, 0.05) is 18.9 Å². The van der Waals surface area contributed by atoms with E-state index in [1.807, 2.05) is 13.8 Å². The van der Waals surface area contributed by atoms with Crippen molar-refractivity contribution in [2.24, 2.45) is 5.73 Å². The molecule has 0 amide bonds. The lowest BCUT2D eigenvalue weighted by molar-refractivity contribution is -0.191. The van der Waals surface area contributed by atoms with Crippen molar-refractivity contribution < 1.29 is 19.1 Å². The van der Waals surface area contributed by atoms with E-state index in [2.05, 4.69) is 0 Å². The van der Waals surface area contributed by atoms with Crippen molar-refractivity contribution in [3.63, 3.8) is 0 Å². The van der Waals surface area contributed by atoms with Gasteiger partial charge in [0.2, 0.25) is 0 Å². The molecule has 5 nitrogen and oxygen atoms in total. The first kappa shape index (κ1) is 15.3. The molecule has 0 aromatic heterocycles. The molecule has 0 aromatic carbocycles. The molecule has 0 radical (unpaired) electrons. The molecule has 1 saturated carbocycles. The van der Waals surface area contributed by atoms with Gasteiger partial charge in [0.15, 0.2) is 5.79 Å². The fraction of sp³-hybridized carbons (Fsp3) is 0.909. The first-order valence-corrected chi connectivity index (χ1v) is 5.75. The van der Waals surface area contributed by atoms with E-state index >= 15 is 0 Å². The average molecular weight is 231 g/mol. The minimum atomic E-state index is -0.280. The van der Waals surface area contributed by atoms with Gasteiger partial charge in [-0.15, -0.1) is 0 Å². The topological polar surface area (TPSA) is 78.6 Å². The van der Waals surface area contributed by atoms with Crippen LogP contribution in [0.15, 0.2) is 0 Å². The number of rotatable bonds is 0. The summed E-state index contributed by atoms with van der Waals surface area (Å²) in [4.78, 5) is 16.2. The summed E-state index contributed by atoms with van der Waals surface area (Å²) in [7, 11) is 0. The Hall–Kier alpha value is -0.740. The van der Waals surface area contributed by atoms with Gasteiger partial charge in [-0.25, -0.2) is 0 Å². The lowest BCUT2D eigenvalue weighted by Gasteiger charge is -2.34. The van der Waals surface area contributed by atoms with E-state index in [1.54, 1.807) is 0 Å². The smallest absolute Gasteiger partial charge is 0.347 e. The molecule has 1 aliphatic heterocycles. The fourth-order valence-electron chi connectivity index (χ4n) is 2.00. The Bertz CT molecular complexity index is 208. The number of nitrogens with two attached hydrogens (primary N) is 1. The summed E-state index contributed by atoms with van der Waals surface area (Å²) in [6, 6.07) is 0.279. The Balaban J connectivity index is 0.000000394. The highest BCUT2D eigenvalue weighted by Crippen LogP contribution is 2.34. The lowest BCUT2D eigenvalue weighted by Crippen LogP contribution is -2.41. The van der Waals surface area contributed by atoms with Gasteiger partial charge < -0.3 is 15.2 Å². The molecule has 0 aromatic rings. The predicted octanol–water partition coefficient (Wildman–Crippen LogP) is 1.07. The minimum Gasteiger partial charge on any atom is -0.347 e. The number of hydrogen-bond donors (Lipinski definition) is 1. The van der Waals surface area contributed by atoms with Crippen molar-refractivity contribution >= 4 is 6.15 Å². The van der Waals surface area contributed by atoms with Crippen molar-refractivity contribution in [3.05, 3.63) is 0 Å². The molecule has 94 valence electrons. The number of ether oxygens (including phenoxy) is 2. The van der Waals surface area contributed by atoms with Crippen LogP contribution in [0.5, 0.6) is 0 Å². The summed E-state index contributed by atoms with van der Waals surface area (Å²) in [6.07, 6.45) is 4.42. The highest BCUT2D eigenvalue weighted by molar-refractivity contribution is 5.20. The van der Waals surface area contributed by atoms with Crippen molar-refractivity contribution in [1.82, 2.24) is 0 Å². The van der Waals surface area contributed by atoms with Crippen LogP contribution in [0.1, 0.15) is 39.5 Å². The second kappa shape index (κ2) is 8.42. The Morgan fingerprint density at radius 2 is 1.75 bits per heavy atom. The summed E-state index contributed by atoms with van der Waals surface area (Å²) in [5, 5.41) is 0. The second-order valence-electron chi connectivity index (χ2n) is 3.55. The highest BCUT2D eigenvalue weighted by Gasteiger charge is 2.40. The van der Waals surface area contributed by atoms with Crippen LogP contribution in [0.3, 0.4) is 0 Å². The molecular weight excluding hydrogens is 210 g/mol. The van der Waals surface area contributed by atoms with E-state index < -0.39 is 0 Å². The molecule has 2 fully saturated rings. The maximum Gasteiger partial charge on any atom is 0.373 e. The molecule has 16 heavy (non-hydrogen) atoms. The molecule has 5 heteroatoms. The van der Waals surface area contributed by atoms with Gasteiger partial charge in [0.1, 0.15) is 0 Å². The zero-order valence-corrected chi connectivity index (χ0v) is 10.0. The van der Waals surface area contributed by atoms with Crippen LogP contribution in [0.2, 0.25) is 0 Å².